The van der Waals surface area contributed by atoms with E-state index in [1.165, 1.54) is 10.6 Å². The van der Waals surface area contributed by atoms with Gasteiger partial charge in [-0.25, -0.2) is 22.2 Å². The highest BCUT2D eigenvalue weighted by Crippen LogP contribution is 2.38. The van der Waals surface area contributed by atoms with Crippen LogP contribution in [0.25, 0.3) is 5.70 Å². The summed E-state index contributed by atoms with van der Waals surface area (Å²) in [6.45, 7) is 4.98. The van der Waals surface area contributed by atoms with Crippen molar-refractivity contribution in [3.63, 3.8) is 0 Å². The lowest BCUT2D eigenvalue weighted by atomic mass is 9.82. The number of carboxylic acid groups (broad SMARTS) is 1. The van der Waals surface area contributed by atoms with Gasteiger partial charge in [0.2, 0.25) is 21.7 Å². The van der Waals surface area contributed by atoms with E-state index in [1.807, 2.05) is 0 Å². The molecule has 1 aromatic heterocycles. The first-order valence-electron chi connectivity index (χ1n) is 13.0. The van der Waals surface area contributed by atoms with Crippen molar-refractivity contribution in [3.05, 3.63) is 12.3 Å². The number of hydrogen-bond donors (Lipinski definition) is 1. The van der Waals surface area contributed by atoms with E-state index in [2.05, 4.69) is 19.9 Å². The number of hydrogen-bond acceptors (Lipinski definition) is 6. The molecule has 1 atom stereocenters. The average Bonchev–Trinajstić information content (AvgIpc) is 3.22. The van der Waals surface area contributed by atoms with Gasteiger partial charge in [0, 0.05) is 30.7 Å². The van der Waals surface area contributed by atoms with E-state index in [0.717, 1.165) is 50.6 Å². The van der Waals surface area contributed by atoms with Crippen molar-refractivity contribution in [2.24, 2.45) is 17.8 Å². The fourth-order valence-corrected chi connectivity index (χ4v) is 6.46. The van der Waals surface area contributed by atoms with Crippen LogP contribution >= 0.6 is 0 Å². The fraction of sp³-hybridized carbons (Fsp3) is 0.720. The summed E-state index contributed by atoms with van der Waals surface area (Å²) in [6, 6.07) is -0.297. The van der Waals surface area contributed by atoms with Crippen LogP contribution in [0.15, 0.2) is 12.3 Å². The minimum Gasteiger partial charge on any atom is -0.449 e. The molecule has 3 aliphatic rings. The number of anilines is 1. The molecule has 0 spiro atoms. The number of carbonyl (C=O) groups is 2. The van der Waals surface area contributed by atoms with E-state index in [1.54, 1.807) is 15.8 Å². The Bertz CT molecular complexity index is 1100. The summed E-state index contributed by atoms with van der Waals surface area (Å²) in [6.07, 6.45) is 10.5. The molecule has 0 aromatic carbocycles. The van der Waals surface area contributed by atoms with E-state index in [9.17, 15) is 23.1 Å². The molecule has 10 nitrogen and oxygen atoms in total. The molecular weight excluding hydrogens is 484 g/mol. The summed E-state index contributed by atoms with van der Waals surface area (Å²) in [5, 5.41) is 14.1. The van der Waals surface area contributed by atoms with Crippen molar-refractivity contribution in [1.82, 2.24) is 14.1 Å². The summed E-state index contributed by atoms with van der Waals surface area (Å²) >= 11 is 0. The van der Waals surface area contributed by atoms with Crippen molar-refractivity contribution in [1.29, 1.82) is 0 Å². The number of sulfonamides is 1. The van der Waals surface area contributed by atoms with Crippen LogP contribution in [0.3, 0.4) is 0 Å². The number of rotatable bonds is 6. The summed E-state index contributed by atoms with van der Waals surface area (Å²) in [5.41, 5.74) is 0.959. The smallest absolute Gasteiger partial charge is 0.449 e. The minimum absolute atomic E-state index is 0.0325. The third kappa shape index (κ3) is 6.11. The highest BCUT2D eigenvalue weighted by atomic mass is 32.2. The SMILES string of the molecule is CC1CC=C(n2cc(OC(=O)O)c(N(C(=O)[C@H]3CC[C@H](C)CC3)C3CCN(S(C)(=O)=O)CC3)n2)CC1. The van der Waals surface area contributed by atoms with Gasteiger partial charge in [0.05, 0.1) is 12.5 Å². The van der Waals surface area contributed by atoms with Gasteiger partial charge in [0.1, 0.15) is 0 Å². The molecule has 200 valence electrons. The molecule has 1 aliphatic heterocycles. The van der Waals surface area contributed by atoms with E-state index < -0.39 is 16.2 Å². The Morgan fingerprint density at radius 1 is 1.06 bits per heavy atom. The van der Waals surface area contributed by atoms with Crippen LogP contribution in [-0.4, -0.2) is 65.1 Å². The van der Waals surface area contributed by atoms with E-state index in [4.69, 9.17) is 9.84 Å². The van der Waals surface area contributed by atoms with Gasteiger partial charge in [-0.15, -0.1) is 5.10 Å². The third-order valence-electron chi connectivity index (χ3n) is 7.89. The van der Waals surface area contributed by atoms with Gasteiger partial charge in [-0.05, 0) is 69.6 Å². The molecule has 1 saturated carbocycles. The first kappa shape index (κ1) is 26.7. The van der Waals surface area contributed by atoms with Gasteiger partial charge >= 0.3 is 6.16 Å². The zero-order valence-corrected chi connectivity index (χ0v) is 22.2. The number of aromatic nitrogens is 2. The Morgan fingerprint density at radius 2 is 1.72 bits per heavy atom. The van der Waals surface area contributed by atoms with E-state index >= 15 is 0 Å². The second-order valence-corrected chi connectivity index (χ2v) is 12.7. The summed E-state index contributed by atoms with van der Waals surface area (Å²) < 4.78 is 32.3. The standard InChI is InChI=1S/C25H38N4O6S/c1-17-4-8-19(9-5-17)24(30)29(21-12-14-27(15-13-21)36(3,33)34)23-22(35-25(31)32)16-28(26-23)20-10-6-18(2)7-11-20/h10,16-19,21H,4-9,11-15H2,1-3H3,(H,31,32)/t17-,18?,19-. The highest BCUT2D eigenvalue weighted by Gasteiger charge is 2.39. The number of ether oxygens (including phenoxy) is 1. The van der Waals surface area contributed by atoms with Crippen molar-refractivity contribution in [3.8, 4) is 5.75 Å². The molecule has 1 unspecified atom stereocenters. The zero-order valence-electron chi connectivity index (χ0n) is 21.4. The Balaban J connectivity index is 1.69. The van der Waals surface area contributed by atoms with E-state index in [-0.39, 0.29) is 29.4 Å². The van der Waals surface area contributed by atoms with Gasteiger partial charge in [-0.1, -0.05) is 19.9 Å². The zero-order chi connectivity index (χ0) is 26.0. The predicted octanol–water partition coefficient (Wildman–Crippen LogP) is 4.18. The Labute approximate surface area is 213 Å². The molecule has 36 heavy (non-hydrogen) atoms. The molecule has 1 aromatic rings. The second kappa shape index (κ2) is 10.9. The molecule has 1 saturated heterocycles. The highest BCUT2D eigenvalue weighted by molar-refractivity contribution is 7.88. The minimum atomic E-state index is -3.33. The van der Waals surface area contributed by atoms with Gasteiger partial charge in [-0.3, -0.25) is 9.69 Å². The Hall–Kier alpha value is -2.40. The van der Waals surface area contributed by atoms with Gasteiger partial charge in [-0.2, -0.15) is 0 Å². The maximum atomic E-state index is 14.0. The lowest BCUT2D eigenvalue weighted by Gasteiger charge is -2.39. The van der Waals surface area contributed by atoms with Gasteiger partial charge in [0.25, 0.3) is 0 Å². The van der Waals surface area contributed by atoms with Crippen molar-refractivity contribution in [2.75, 3.05) is 24.2 Å². The number of nitrogens with zero attached hydrogens (tertiary/aromatic N) is 4. The third-order valence-corrected chi connectivity index (χ3v) is 9.19. The maximum Gasteiger partial charge on any atom is 0.511 e. The Kier molecular flexibility index (Phi) is 8.09. The molecule has 2 aliphatic carbocycles. The first-order valence-corrected chi connectivity index (χ1v) is 14.9. The largest absolute Gasteiger partial charge is 0.511 e. The molecule has 2 heterocycles. The molecular formula is C25H38N4O6S. The predicted molar refractivity (Wildman–Crippen MR) is 136 cm³/mol. The van der Waals surface area contributed by atoms with Gasteiger partial charge in [0.15, 0.2) is 5.75 Å². The van der Waals surface area contributed by atoms with E-state index in [0.29, 0.717) is 37.8 Å². The number of amides is 1. The number of carbonyl (C=O) groups excluding carboxylic acids is 1. The fourth-order valence-electron chi connectivity index (χ4n) is 5.58. The normalized spacial score (nSPS) is 26.3. The second-order valence-electron chi connectivity index (χ2n) is 10.8. The van der Waals surface area contributed by atoms with Crippen LogP contribution in [0.2, 0.25) is 0 Å². The molecule has 0 radical (unpaired) electrons. The topological polar surface area (TPSA) is 122 Å². The van der Waals surface area contributed by atoms with Crippen LogP contribution in [0.4, 0.5) is 10.6 Å². The van der Waals surface area contributed by atoms with Crippen LogP contribution < -0.4 is 9.64 Å². The van der Waals surface area contributed by atoms with Crippen molar-refractivity contribution in [2.45, 2.75) is 77.7 Å². The quantitative estimate of drug-likeness (QED) is 0.556. The summed E-state index contributed by atoms with van der Waals surface area (Å²) in [4.78, 5) is 27.2. The van der Waals surface area contributed by atoms with Crippen LogP contribution in [0.5, 0.6) is 5.75 Å². The lowest BCUT2D eigenvalue weighted by molar-refractivity contribution is -0.124. The molecule has 1 amide bonds. The number of allylic oxidation sites excluding steroid dienone is 2. The van der Waals surface area contributed by atoms with Gasteiger partial charge < -0.3 is 9.84 Å². The molecule has 1 N–H and O–H groups in total. The number of piperidine rings is 1. The van der Waals surface area contributed by atoms with Crippen LogP contribution in [-0.2, 0) is 14.8 Å². The van der Waals surface area contributed by atoms with Crippen LogP contribution in [0.1, 0.15) is 71.6 Å². The lowest BCUT2D eigenvalue weighted by Crippen LogP contribution is -2.51. The van der Waals surface area contributed by atoms with Crippen molar-refractivity contribution >= 4 is 33.6 Å². The summed E-state index contributed by atoms with van der Waals surface area (Å²) in [5.74, 6) is 1.14. The monoisotopic (exact) mass is 522 g/mol. The molecule has 2 fully saturated rings. The first-order chi connectivity index (χ1) is 17.0. The molecule has 4 rings (SSSR count). The van der Waals surface area contributed by atoms with Crippen molar-refractivity contribution < 1.29 is 27.9 Å². The maximum absolute atomic E-state index is 14.0. The Morgan fingerprint density at radius 3 is 2.28 bits per heavy atom. The molecule has 11 heteroatoms. The average molecular weight is 523 g/mol. The molecule has 0 bridgehead atoms. The summed E-state index contributed by atoms with van der Waals surface area (Å²) in [7, 11) is -3.33. The van der Waals surface area contributed by atoms with Crippen LogP contribution in [0, 0.1) is 17.8 Å².